The molecule has 1 amide bonds. The Morgan fingerprint density at radius 3 is 2.85 bits per heavy atom. The number of rotatable bonds is 3. The van der Waals surface area contributed by atoms with Gasteiger partial charge in [0.1, 0.15) is 0 Å². The van der Waals surface area contributed by atoms with Crippen molar-refractivity contribution in [1.29, 1.82) is 0 Å². The largest absolute Gasteiger partial charge is 0.376 e. The van der Waals surface area contributed by atoms with Gasteiger partial charge < -0.3 is 14.4 Å². The molecule has 0 unspecified atom stereocenters. The Balaban J connectivity index is 1.63. The molecule has 0 radical (unpaired) electrons. The van der Waals surface area contributed by atoms with Gasteiger partial charge in [0.25, 0.3) is 5.91 Å². The van der Waals surface area contributed by atoms with Gasteiger partial charge in [0.05, 0.1) is 18.3 Å². The molecule has 0 aromatic rings. The van der Waals surface area contributed by atoms with Gasteiger partial charge in [-0.2, -0.15) is 0 Å². The van der Waals surface area contributed by atoms with Gasteiger partial charge in [-0.15, -0.1) is 0 Å². The lowest BCUT2D eigenvalue weighted by Crippen LogP contribution is -2.57. The summed E-state index contributed by atoms with van der Waals surface area (Å²) in [5.41, 5.74) is -1.88. The van der Waals surface area contributed by atoms with E-state index in [4.69, 9.17) is 9.47 Å². The molecule has 1 aliphatic carbocycles. The van der Waals surface area contributed by atoms with E-state index >= 15 is 0 Å². The standard InChI is InChI=1S/C15H24FNO3/c1-2-19-12-9-14(20-10-12)5-4-8-17(11-14)13(18)15(16)6-3-7-15/h12H,2-11H2,1H3/t12-,14-/m1/s1. The first kappa shape index (κ1) is 14.3. The molecule has 4 nitrogen and oxygen atoms in total. The molecular formula is C15H24FNO3. The van der Waals surface area contributed by atoms with Crippen molar-refractivity contribution in [2.45, 2.75) is 62.8 Å². The van der Waals surface area contributed by atoms with Crippen LogP contribution >= 0.6 is 0 Å². The molecule has 2 aliphatic heterocycles. The first-order valence-corrected chi connectivity index (χ1v) is 7.81. The molecule has 3 fully saturated rings. The molecule has 5 heteroatoms. The van der Waals surface area contributed by atoms with Crippen LogP contribution < -0.4 is 0 Å². The molecule has 2 saturated heterocycles. The number of ether oxygens (including phenoxy) is 2. The molecule has 3 rings (SSSR count). The molecule has 1 saturated carbocycles. The smallest absolute Gasteiger partial charge is 0.260 e. The van der Waals surface area contributed by atoms with E-state index in [-0.39, 0.29) is 17.6 Å². The minimum absolute atomic E-state index is 0.123. The quantitative estimate of drug-likeness (QED) is 0.797. The third-order valence-electron chi connectivity index (χ3n) is 4.93. The maximum atomic E-state index is 14.3. The van der Waals surface area contributed by atoms with Gasteiger partial charge in [0, 0.05) is 26.1 Å². The third kappa shape index (κ3) is 2.46. The summed E-state index contributed by atoms with van der Waals surface area (Å²) >= 11 is 0. The van der Waals surface area contributed by atoms with Crippen molar-refractivity contribution >= 4 is 5.91 Å². The van der Waals surface area contributed by atoms with Gasteiger partial charge in [-0.25, -0.2) is 4.39 Å². The van der Waals surface area contributed by atoms with E-state index in [1.165, 1.54) is 0 Å². The summed E-state index contributed by atoms with van der Waals surface area (Å²) in [6.07, 6.45) is 4.38. The highest BCUT2D eigenvalue weighted by atomic mass is 19.1. The molecule has 20 heavy (non-hydrogen) atoms. The Morgan fingerprint density at radius 2 is 2.20 bits per heavy atom. The predicted octanol–water partition coefficient (Wildman–Crippen LogP) is 2.07. The van der Waals surface area contributed by atoms with Crippen molar-refractivity contribution in [3.8, 4) is 0 Å². The van der Waals surface area contributed by atoms with E-state index < -0.39 is 5.67 Å². The SMILES string of the molecule is CCO[C@H]1CO[C@]2(CCCN(C(=O)C3(F)CCC3)C2)C1. The van der Waals surface area contributed by atoms with Crippen LogP contribution in [0.4, 0.5) is 4.39 Å². The molecule has 0 aromatic carbocycles. The van der Waals surface area contributed by atoms with E-state index in [0.717, 1.165) is 25.7 Å². The summed E-state index contributed by atoms with van der Waals surface area (Å²) < 4.78 is 25.9. The highest BCUT2D eigenvalue weighted by molar-refractivity contribution is 5.86. The number of piperidine rings is 1. The number of halogens is 1. The van der Waals surface area contributed by atoms with E-state index in [2.05, 4.69) is 0 Å². The summed E-state index contributed by atoms with van der Waals surface area (Å²) in [5, 5.41) is 0. The molecular weight excluding hydrogens is 261 g/mol. The lowest BCUT2D eigenvalue weighted by atomic mass is 9.79. The zero-order valence-electron chi connectivity index (χ0n) is 12.2. The van der Waals surface area contributed by atoms with Crippen molar-refractivity contribution in [2.24, 2.45) is 0 Å². The van der Waals surface area contributed by atoms with Crippen molar-refractivity contribution in [3.05, 3.63) is 0 Å². The summed E-state index contributed by atoms with van der Waals surface area (Å²) in [4.78, 5) is 14.0. The Morgan fingerprint density at radius 1 is 1.40 bits per heavy atom. The third-order valence-corrected chi connectivity index (χ3v) is 4.93. The lowest BCUT2D eigenvalue weighted by Gasteiger charge is -2.44. The van der Waals surface area contributed by atoms with Gasteiger partial charge in [-0.1, -0.05) is 0 Å². The van der Waals surface area contributed by atoms with Crippen LogP contribution in [0.25, 0.3) is 0 Å². The number of hydrogen-bond acceptors (Lipinski definition) is 3. The second-order valence-electron chi connectivity index (χ2n) is 6.42. The van der Waals surface area contributed by atoms with Crippen LogP contribution in [0.5, 0.6) is 0 Å². The van der Waals surface area contributed by atoms with Crippen molar-refractivity contribution < 1.29 is 18.7 Å². The Kier molecular flexibility index (Phi) is 3.75. The van der Waals surface area contributed by atoms with Crippen LogP contribution in [0.3, 0.4) is 0 Å². The van der Waals surface area contributed by atoms with E-state index in [1.807, 2.05) is 6.92 Å². The van der Waals surface area contributed by atoms with Gasteiger partial charge in [-0.05, 0) is 39.0 Å². The number of likely N-dealkylation sites (tertiary alicyclic amines) is 1. The monoisotopic (exact) mass is 285 g/mol. The van der Waals surface area contributed by atoms with Crippen LogP contribution in [0.1, 0.15) is 45.4 Å². The first-order chi connectivity index (χ1) is 9.57. The zero-order valence-corrected chi connectivity index (χ0v) is 12.2. The zero-order chi connectivity index (χ0) is 14.2. The topological polar surface area (TPSA) is 38.8 Å². The van der Waals surface area contributed by atoms with Gasteiger partial charge in [0.15, 0.2) is 5.67 Å². The van der Waals surface area contributed by atoms with Crippen LogP contribution in [-0.2, 0) is 14.3 Å². The summed E-state index contributed by atoms with van der Waals surface area (Å²) in [6.45, 7) is 4.44. The van der Waals surface area contributed by atoms with Crippen LogP contribution in [0.2, 0.25) is 0 Å². The van der Waals surface area contributed by atoms with Crippen molar-refractivity contribution in [3.63, 3.8) is 0 Å². The van der Waals surface area contributed by atoms with Gasteiger partial charge in [-0.3, -0.25) is 4.79 Å². The average molecular weight is 285 g/mol. The van der Waals surface area contributed by atoms with Crippen molar-refractivity contribution in [1.82, 2.24) is 4.90 Å². The molecule has 2 heterocycles. The fourth-order valence-electron chi connectivity index (χ4n) is 3.69. The summed E-state index contributed by atoms with van der Waals surface area (Å²) in [7, 11) is 0. The minimum atomic E-state index is -1.59. The van der Waals surface area contributed by atoms with Crippen LogP contribution in [-0.4, -0.2) is 54.5 Å². The Hall–Kier alpha value is -0.680. The number of carbonyl (C=O) groups excluding carboxylic acids is 1. The molecule has 1 spiro atoms. The molecule has 2 atom stereocenters. The van der Waals surface area contributed by atoms with Crippen molar-refractivity contribution in [2.75, 3.05) is 26.3 Å². The van der Waals surface area contributed by atoms with Gasteiger partial charge in [0.2, 0.25) is 0 Å². The number of alkyl halides is 1. The average Bonchev–Trinajstić information content (AvgIpc) is 2.78. The number of carbonyl (C=O) groups is 1. The molecule has 114 valence electrons. The second-order valence-corrected chi connectivity index (χ2v) is 6.42. The molecule has 0 aromatic heterocycles. The first-order valence-electron chi connectivity index (χ1n) is 7.81. The maximum absolute atomic E-state index is 14.3. The molecule has 0 bridgehead atoms. The van der Waals surface area contributed by atoms with Gasteiger partial charge >= 0.3 is 0 Å². The number of hydrogen-bond donors (Lipinski definition) is 0. The second kappa shape index (κ2) is 5.26. The normalized spacial score (nSPS) is 36.1. The number of nitrogens with zero attached hydrogens (tertiary/aromatic N) is 1. The van der Waals surface area contributed by atoms with Crippen LogP contribution in [0, 0.1) is 0 Å². The highest BCUT2D eigenvalue weighted by Gasteiger charge is 2.51. The van der Waals surface area contributed by atoms with E-state index in [9.17, 15) is 9.18 Å². The fraction of sp³-hybridized carbons (Fsp3) is 0.933. The van der Waals surface area contributed by atoms with Crippen LogP contribution in [0.15, 0.2) is 0 Å². The van der Waals surface area contributed by atoms with E-state index in [0.29, 0.717) is 39.1 Å². The number of amides is 1. The molecule has 3 aliphatic rings. The highest BCUT2D eigenvalue weighted by Crippen LogP contribution is 2.41. The Labute approximate surface area is 119 Å². The molecule has 0 N–H and O–H groups in total. The van der Waals surface area contributed by atoms with E-state index in [1.54, 1.807) is 4.90 Å². The maximum Gasteiger partial charge on any atom is 0.260 e. The summed E-state index contributed by atoms with van der Waals surface area (Å²) in [5.74, 6) is -0.314. The fourth-order valence-corrected chi connectivity index (χ4v) is 3.69. The predicted molar refractivity (Wildman–Crippen MR) is 72.2 cm³/mol. The lowest BCUT2D eigenvalue weighted by molar-refractivity contribution is -0.157. The Bertz CT molecular complexity index is 385. The minimum Gasteiger partial charge on any atom is -0.376 e. The summed E-state index contributed by atoms with van der Waals surface area (Å²) in [6, 6.07) is 0.